The number of hydrogen-bond donors (Lipinski definition) is 1. The number of halogens is 1. The number of hydrogen-bond acceptors (Lipinski definition) is 2. The van der Waals surface area contributed by atoms with Gasteiger partial charge in [0.25, 0.3) is 0 Å². The van der Waals surface area contributed by atoms with E-state index in [4.69, 9.17) is 16.7 Å². The van der Waals surface area contributed by atoms with Gasteiger partial charge in [-0.25, -0.2) is 0 Å². The first-order chi connectivity index (χ1) is 8.19. The van der Waals surface area contributed by atoms with Gasteiger partial charge in [0.2, 0.25) is 5.91 Å². The average Bonchev–Trinajstić information content (AvgIpc) is 2.69. The van der Waals surface area contributed by atoms with Crippen LogP contribution in [0.3, 0.4) is 0 Å². The highest BCUT2D eigenvalue weighted by molar-refractivity contribution is 6.30. The maximum Gasteiger partial charge on any atom is 0.223 e. The molecule has 1 heterocycles. The predicted molar refractivity (Wildman–Crippen MR) is 66.9 cm³/mol. The summed E-state index contributed by atoms with van der Waals surface area (Å²) < 4.78 is 0. The third-order valence-corrected chi connectivity index (χ3v) is 3.39. The van der Waals surface area contributed by atoms with Crippen LogP contribution >= 0.6 is 11.6 Å². The van der Waals surface area contributed by atoms with Crippen molar-refractivity contribution in [3.63, 3.8) is 0 Å². The van der Waals surface area contributed by atoms with Gasteiger partial charge >= 0.3 is 0 Å². The molecule has 0 aliphatic carbocycles. The van der Waals surface area contributed by atoms with Crippen LogP contribution in [0.25, 0.3) is 0 Å². The summed E-state index contributed by atoms with van der Waals surface area (Å²) in [7, 11) is 0. The number of aliphatic hydroxyl groups excluding tert-OH is 1. The van der Waals surface area contributed by atoms with Gasteiger partial charge in [0.15, 0.2) is 0 Å². The Labute approximate surface area is 106 Å². The lowest BCUT2D eigenvalue weighted by atomic mass is 10.1. The molecule has 4 heteroatoms. The predicted octanol–water partition coefficient (Wildman–Crippen LogP) is 1.72. The van der Waals surface area contributed by atoms with E-state index in [9.17, 15) is 4.79 Å². The summed E-state index contributed by atoms with van der Waals surface area (Å²) in [4.78, 5) is 13.4. The zero-order chi connectivity index (χ0) is 12.3. The second kappa shape index (κ2) is 5.52. The Balaban J connectivity index is 1.86. The smallest absolute Gasteiger partial charge is 0.223 e. The number of likely N-dealkylation sites (tertiary alicyclic amines) is 1. The molecular formula is C13H16ClNO2. The highest BCUT2D eigenvalue weighted by atomic mass is 35.5. The van der Waals surface area contributed by atoms with E-state index in [0.29, 0.717) is 13.0 Å². The largest absolute Gasteiger partial charge is 0.396 e. The molecule has 1 atom stereocenters. The van der Waals surface area contributed by atoms with Crippen LogP contribution in [0, 0.1) is 5.92 Å². The monoisotopic (exact) mass is 253 g/mol. The molecule has 2 rings (SSSR count). The molecule has 0 bridgehead atoms. The van der Waals surface area contributed by atoms with Gasteiger partial charge in [0, 0.05) is 37.1 Å². The molecule has 1 saturated heterocycles. The van der Waals surface area contributed by atoms with E-state index in [-0.39, 0.29) is 18.4 Å². The van der Waals surface area contributed by atoms with Gasteiger partial charge in [-0.2, -0.15) is 0 Å². The molecule has 1 N–H and O–H groups in total. The van der Waals surface area contributed by atoms with Crippen molar-refractivity contribution in [1.29, 1.82) is 0 Å². The van der Waals surface area contributed by atoms with E-state index >= 15 is 0 Å². The molecule has 92 valence electrons. The summed E-state index contributed by atoms with van der Waals surface area (Å²) in [5.41, 5.74) is 1.18. The van der Waals surface area contributed by atoms with Crippen molar-refractivity contribution in [3.8, 4) is 0 Å². The lowest BCUT2D eigenvalue weighted by molar-refractivity contribution is -0.127. The number of nitrogens with zero attached hydrogens (tertiary/aromatic N) is 1. The van der Waals surface area contributed by atoms with Crippen molar-refractivity contribution in [3.05, 3.63) is 34.9 Å². The molecule has 1 fully saturated rings. The SMILES string of the molecule is O=C1CC(CO)CN1CCc1ccc(Cl)cc1. The number of aliphatic hydroxyl groups is 1. The van der Waals surface area contributed by atoms with Crippen molar-refractivity contribution in [2.45, 2.75) is 12.8 Å². The molecule has 3 nitrogen and oxygen atoms in total. The second-order valence-electron chi connectivity index (χ2n) is 4.47. The minimum Gasteiger partial charge on any atom is -0.396 e. The summed E-state index contributed by atoms with van der Waals surface area (Å²) in [5, 5.41) is 9.75. The lowest BCUT2D eigenvalue weighted by Crippen LogP contribution is -2.27. The Hall–Kier alpha value is -1.06. The third kappa shape index (κ3) is 3.20. The van der Waals surface area contributed by atoms with Crippen molar-refractivity contribution in [1.82, 2.24) is 4.90 Å². The van der Waals surface area contributed by atoms with E-state index in [1.54, 1.807) is 0 Å². The van der Waals surface area contributed by atoms with Crippen molar-refractivity contribution in [2.24, 2.45) is 5.92 Å². The Morgan fingerprint density at radius 3 is 2.65 bits per heavy atom. The summed E-state index contributed by atoms with van der Waals surface area (Å²) in [6, 6.07) is 7.68. The lowest BCUT2D eigenvalue weighted by Gasteiger charge is -2.16. The molecular weight excluding hydrogens is 238 g/mol. The van der Waals surface area contributed by atoms with Gasteiger partial charge in [0.1, 0.15) is 0 Å². The van der Waals surface area contributed by atoms with E-state index in [0.717, 1.165) is 18.0 Å². The van der Waals surface area contributed by atoms with Crippen molar-refractivity contribution in [2.75, 3.05) is 19.7 Å². The quantitative estimate of drug-likeness (QED) is 0.888. The van der Waals surface area contributed by atoms with Crippen LogP contribution < -0.4 is 0 Å². The van der Waals surface area contributed by atoms with Crippen LogP contribution in [-0.4, -0.2) is 35.6 Å². The fourth-order valence-electron chi connectivity index (χ4n) is 2.11. The fraction of sp³-hybridized carbons (Fsp3) is 0.462. The zero-order valence-corrected chi connectivity index (χ0v) is 10.4. The molecule has 1 aromatic carbocycles. The van der Waals surface area contributed by atoms with Crippen LogP contribution in [0.5, 0.6) is 0 Å². The fourth-order valence-corrected chi connectivity index (χ4v) is 2.23. The topological polar surface area (TPSA) is 40.5 Å². The molecule has 1 amide bonds. The van der Waals surface area contributed by atoms with E-state index in [2.05, 4.69) is 0 Å². The number of amides is 1. The van der Waals surface area contributed by atoms with Gasteiger partial charge in [-0.15, -0.1) is 0 Å². The number of benzene rings is 1. The van der Waals surface area contributed by atoms with Crippen molar-refractivity contribution >= 4 is 17.5 Å². The van der Waals surface area contributed by atoms with Gasteiger partial charge in [-0.1, -0.05) is 23.7 Å². The van der Waals surface area contributed by atoms with Gasteiger partial charge in [-0.3, -0.25) is 4.79 Å². The Kier molecular flexibility index (Phi) is 4.02. The van der Waals surface area contributed by atoms with Gasteiger partial charge in [-0.05, 0) is 24.1 Å². The molecule has 17 heavy (non-hydrogen) atoms. The van der Waals surface area contributed by atoms with E-state index in [1.165, 1.54) is 5.56 Å². The molecule has 0 aromatic heterocycles. The first-order valence-corrected chi connectivity index (χ1v) is 6.20. The van der Waals surface area contributed by atoms with Crippen LogP contribution in [0.2, 0.25) is 5.02 Å². The summed E-state index contributed by atoms with van der Waals surface area (Å²) in [6.45, 7) is 1.50. The maximum absolute atomic E-state index is 11.6. The molecule has 0 saturated carbocycles. The summed E-state index contributed by atoms with van der Waals surface area (Å²) in [6.07, 6.45) is 1.32. The number of carbonyl (C=O) groups is 1. The number of rotatable bonds is 4. The summed E-state index contributed by atoms with van der Waals surface area (Å²) in [5.74, 6) is 0.269. The second-order valence-corrected chi connectivity index (χ2v) is 4.91. The molecule has 1 aliphatic heterocycles. The highest BCUT2D eigenvalue weighted by Gasteiger charge is 2.28. The molecule has 1 unspecified atom stereocenters. The standard InChI is InChI=1S/C13H16ClNO2/c14-12-3-1-10(2-4-12)5-6-15-8-11(9-16)7-13(15)17/h1-4,11,16H,5-9H2. The van der Waals surface area contributed by atoms with Crippen LogP contribution in [0.15, 0.2) is 24.3 Å². The first kappa shape index (κ1) is 12.4. The maximum atomic E-state index is 11.6. The summed E-state index contributed by atoms with van der Waals surface area (Å²) >= 11 is 5.81. The zero-order valence-electron chi connectivity index (χ0n) is 9.60. The van der Waals surface area contributed by atoms with E-state index < -0.39 is 0 Å². The molecule has 1 aromatic rings. The van der Waals surface area contributed by atoms with Gasteiger partial charge < -0.3 is 10.0 Å². The third-order valence-electron chi connectivity index (χ3n) is 3.14. The number of carbonyl (C=O) groups excluding carboxylic acids is 1. The minimum atomic E-state index is 0.100. The highest BCUT2D eigenvalue weighted by Crippen LogP contribution is 2.18. The molecule has 0 radical (unpaired) electrons. The molecule has 0 spiro atoms. The first-order valence-electron chi connectivity index (χ1n) is 5.82. The van der Waals surface area contributed by atoms with Gasteiger partial charge in [0.05, 0.1) is 0 Å². The van der Waals surface area contributed by atoms with Crippen LogP contribution in [-0.2, 0) is 11.2 Å². The Bertz CT molecular complexity index is 391. The minimum absolute atomic E-state index is 0.100. The average molecular weight is 254 g/mol. The Morgan fingerprint density at radius 1 is 1.35 bits per heavy atom. The van der Waals surface area contributed by atoms with Crippen LogP contribution in [0.1, 0.15) is 12.0 Å². The Morgan fingerprint density at radius 2 is 2.06 bits per heavy atom. The normalized spacial score (nSPS) is 20.0. The van der Waals surface area contributed by atoms with E-state index in [1.807, 2.05) is 29.2 Å². The van der Waals surface area contributed by atoms with Crippen LogP contribution in [0.4, 0.5) is 0 Å². The molecule has 1 aliphatic rings. The van der Waals surface area contributed by atoms with Crippen molar-refractivity contribution < 1.29 is 9.90 Å².